The summed E-state index contributed by atoms with van der Waals surface area (Å²) in [5, 5.41) is 3.34. The van der Waals surface area contributed by atoms with Gasteiger partial charge in [0.05, 0.1) is 26.0 Å². The van der Waals surface area contributed by atoms with Gasteiger partial charge in [-0.05, 0) is 25.0 Å². The van der Waals surface area contributed by atoms with Crippen molar-refractivity contribution in [3.63, 3.8) is 0 Å². The lowest BCUT2D eigenvalue weighted by molar-refractivity contribution is -0.153. The van der Waals surface area contributed by atoms with E-state index in [9.17, 15) is 4.79 Å². The van der Waals surface area contributed by atoms with Gasteiger partial charge >= 0.3 is 5.97 Å². The molecule has 1 aliphatic rings. The number of rotatable bonds is 5. The average molecular weight is 293 g/mol. The molecule has 0 aliphatic heterocycles. The van der Waals surface area contributed by atoms with Gasteiger partial charge in [-0.25, -0.2) is 4.79 Å². The van der Waals surface area contributed by atoms with E-state index < -0.39 is 5.54 Å². The standard InChI is InChI=1S/C16H23NO4/c1-19-13-9-5-4-8-12(13)17-16(15(18)21-3)11-7-6-10-14(16)20-2/h4-5,8-9,14,17H,6-7,10-11H2,1-3H3. The largest absolute Gasteiger partial charge is 0.495 e. The van der Waals surface area contributed by atoms with Crippen LogP contribution < -0.4 is 10.1 Å². The van der Waals surface area contributed by atoms with Crippen molar-refractivity contribution in [3.8, 4) is 5.75 Å². The number of anilines is 1. The number of nitrogens with one attached hydrogen (secondary N) is 1. The van der Waals surface area contributed by atoms with E-state index in [0.717, 1.165) is 24.9 Å². The van der Waals surface area contributed by atoms with E-state index in [4.69, 9.17) is 14.2 Å². The van der Waals surface area contributed by atoms with Gasteiger partial charge in [0, 0.05) is 7.11 Å². The predicted octanol–water partition coefficient (Wildman–Crippen LogP) is 2.61. The van der Waals surface area contributed by atoms with Crippen molar-refractivity contribution in [2.75, 3.05) is 26.6 Å². The molecule has 1 aromatic carbocycles. The van der Waals surface area contributed by atoms with Gasteiger partial charge in [-0.2, -0.15) is 0 Å². The Morgan fingerprint density at radius 3 is 2.67 bits per heavy atom. The van der Waals surface area contributed by atoms with Crippen LogP contribution in [-0.4, -0.2) is 38.9 Å². The molecule has 0 spiro atoms. The number of para-hydroxylation sites is 2. The monoisotopic (exact) mass is 293 g/mol. The van der Waals surface area contributed by atoms with Gasteiger partial charge < -0.3 is 19.5 Å². The minimum absolute atomic E-state index is 0.219. The van der Waals surface area contributed by atoms with Gasteiger partial charge in [-0.15, -0.1) is 0 Å². The van der Waals surface area contributed by atoms with E-state index in [1.807, 2.05) is 24.3 Å². The van der Waals surface area contributed by atoms with Crippen molar-refractivity contribution in [2.24, 2.45) is 0 Å². The van der Waals surface area contributed by atoms with Gasteiger partial charge in [0.2, 0.25) is 0 Å². The molecule has 1 aromatic rings. The molecule has 1 N–H and O–H groups in total. The summed E-state index contributed by atoms with van der Waals surface area (Å²) >= 11 is 0. The highest BCUT2D eigenvalue weighted by Gasteiger charge is 2.49. The zero-order valence-corrected chi connectivity index (χ0v) is 12.8. The minimum Gasteiger partial charge on any atom is -0.495 e. The molecule has 116 valence electrons. The highest BCUT2D eigenvalue weighted by Crippen LogP contribution is 2.37. The van der Waals surface area contributed by atoms with Crippen LogP contribution in [0.15, 0.2) is 24.3 Å². The molecule has 1 fully saturated rings. The number of carbonyl (C=O) groups excluding carboxylic acids is 1. The van der Waals surface area contributed by atoms with Crippen molar-refractivity contribution in [3.05, 3.63) is 24.3 Å². The summed E-state index contributed by atoms with van der Waals surface area (Å²) in [6.07, 6.45) is 3.29. The molecule has 2 unspecified atom stereocenters. The summed E-state index contributed by atoms with van der Waals surface area (Å²) < 4.78 is 16.0. The number of methoxy groups -OCH3 is 3. The number of esters is 1. The highest BCUT2D eigenvalue weighted by molar-refractivity contribution is 5.86. The van der Waals surface area contributed by atoms with Crippen LogP contribution in [0.3, 0.4) is 0 Å². The SMILES string of the molecule is COC(=O)C1(Nc2ccccc2OC)CCCCC1OC. The Balaban J connectivity index is 2.38. The third-order valence-electron chi connectivity index (χ3n) is 4.14. The van der Waals surface area contributed by atoms with Crippen molar-refractivity contribution in [1.82, 2.24) is 0 Å². The molecule has 1 aliphatic carbocycles. The van der Waals surface area contributed by atoms with Crippen LogP contribution in [0.1, 0.15) is 25.7 Å². The minimum atomic E-state index is -0.865. The third kappa shape index (κ3) is 2.97. The summed E-state index contributed by atoms with van der Waals surface area (Å²) in [4.78, 5) is 12.5. The lowest BCUT2D eigenvalue weighted by Gasteiger charge is -2.42. The fourth-order valence-corrected chi connectivity index (χ4v) is 3.06. The van der Waals surface area contributed by atoms with Crippen LogP contribution in [0, 0.1) is 0 Å². The first-order chi connectivity index (χ1) is 10.2. The maximum absolute atomic E-state index is 12.5. The molecule has 21 heavy (non-hydrogen) atoms. The topological polar surface area (TPSA) is 56.8 Å². The second-order valence-corrected chi connectivity index (χ2v) is 5.26. The van der Waals surface area contributed by atoms with E-state index in [1.165, 1.54) is 7.11 Å². The molecule has 2 rings (SSSR count). The van der Waals surface area contributed by atoms with E-state index in [1.54, 1.807) is 14.2 Å². The Hall–Kier alpha value is -1.75. The highest BCUT2D eigenvalue weighted by atomic mass is 16.5. The Morgan fingerprint density at radius 1 is 1.24 bits per heavy atom. The summed E-state index contributed by atoms with van der Waals surface area (Å²) in [5.74, 6) is 0.404. The predicted molar refractivity (Wildman–Crippen MR) is 80.6 cm³/mol. The molecule has 1 saturated carbocycles. The molecular weight excluding hydrogens is 270 g/mol. The van der Waals surface area contributed by atoms with Crippen LogP contribution >= 0.6 is 0 Å². The molecule has 0 aromatic heterocycles. The normalized spacial score (nSPS) is 25.2. The van der Waals surface area contributed by atoms with Crippen molar-refractivity contribution >= 4 is 11.7 Å². The molecule has 2 atom stereocenters. The first kappa shape index (κ1) is 15.6. The lowest BCUT2D eigenvalue weighted by Crippen LogP contribution is -2.58. The molecule has 0 saturated heterocycles. The third-order valence-corrected chi connectivity index (χ3v) is 4.14. The molecule has 5 nitrogen and oxygen atoms in total. The van der Waals surface area contributed by atoms with E-state index >= 15 is 0 Å². The zero-order valence-electron chi connectivity index (χ0n) is 12.8. The first-order valence-electron chi connectivity index (χ1n) is 7.20. The number of hydrogen-bond acceptors (Lipinski definition) is 5. The second kappa shape index (κ2) is 6.80. The van der Waals surface area contributed by atoms with Crippen LogP contribution in [0.2, 0.25) is 0 Å². The van der Waals surface area contributed by atoms with E-state index in [-0.39, 0.29) is 12.1 Å². The Labute approximate surface area is 125 Å². The molecular formula is C16H23NO4. The van der Waals surface area contributed by atoms with Gasteiger partial charge in [-0.1, -0.05) is 25.0 Å². The number of benzene rings is 1. The van der Waals surface area contributed by atoms with Crippen molar-refractivity contribution in [1.29, 1.82) is 0 Å². The molecule has 0 amide bonds. The quantitative estimate of drug-likeness (QED) is 0.846. The molecule has 0 heterocycles. The molecule has 0 bridgehead atoms. The van der Waals surface area contributed by atoms with Gasteiger partial charge in [0.15, 0.2) is 5.54 Å². The number of hydrogen-bond donors (Lipinski definition) is 1. The number of ether oxygens (including phenoxy) is 3. The maximum atomic E-state index is 12.5. The summed E-state index contributed by atoms with van der Waals surface area (Å²) in [7, 11) is 4.66. The van der Waals surface area contributed by atoms with Crippen molar-refractivity contribution in [2.45, 2.75) is 37.3 Å². The molecule has 0 radical (unpaired) electrons. The van der Waals surface area contributed by atoms with Gasteiger partial charge in [-0.3, -0.25) is 0 Å². The van der Waals surface area contributed by atoms with E-state index in [2.05, 4.69) is 5.32 Å². The second-order valence-electron chi connectivity index (χ2n) is 5.26. The maximum Gasteiger partial charge on any atom is 0.334 e. The Kier molecular flexibility index (Phi) is 5.07. The van der Waals surface area contributed by atoms with Crippen LogP contribution in [-0.2, 0) is 14.3 Å². The summed E-state index contributed by atoms with van der Waals surface area (Å²) in [6.45, 7) is 0. The van der Waals surface area contributed by atoms with Crippen LogP contribution in [0.4, 0.5) is 5.69 Å². The van der Waals surface area contributed by atoms with Gasteiger partial charge in [0.25, 0.3) is 0 Å². The van der Waals surface area contributed by atoms with E-state index in [0.29, 0.717) is 12.2 Å². The smallest absolute Gasteiger partial charge is 0.334 e. The molecule has 5 heteroatoms. The summed E-state index contributed by atoms with van der Waals surface area (Å²) in [5.41, 5.74) is -0.0922. The van der Waals surface area contributed by atoms with Gasteiger partial charge in [0.1, 0.15) is 5.75 Å². The van der Waals surface area contributed by atoms with Crippen molar-refractivity contribution < 1.29 is 19.0 Å². The van der Waals surface area contributed by atoms with Crippen LogP contribution in [0.5, 0.6) is 5.75 Å². The first-order valence-corrected chi connectivity index (χ1v) is 7.20. The lowest BCUT2D eigenvalue weighted by atomic mass is 9.78. The van der Waals surface area contributed by atoms with Crippen LogP contribution in [0.25, 0.3) is 0 Å². The Bertz CT molecular complexity index is 491. The Morgan fingerprint density at radius 2 is 2.00 bits per heavy atom. The fourth-order valence-electron chi connectivity index (χ4n) is 3.06. The average Bonchev–Trinajstić information content (AvgIpc) is 2.54. The zero-order chi connectivity index (χ0) is 15.3. The number of carbonyl (C=O) groups is 1. The fraction of sp³-hybridized carbons (Fsp3) is 0.562. The summed E-state index contributed by atoms with van der Waals surface area (Å²) in [6, 6.07) is 7.55.